The molecule has 0 spiro atoms. The van der Waals surface area contributed by atoms with E-state index in [1.54, 1.807) is 30.3 Å². The molecule has 0 heterocycles. The average molecular weight is 449 g/mol. The first-order chi connectivity index (χ1) is 14.5. The highest BCUT2D eigenvalue weighted by Crippen LogP contribution is 2.29. The van der Waals surface area contributed by atoms with Gasteiger partial charge in [-0.05, 0) is 32.0 Å². The third-order valence-corrected chi connectivity index (χ3v) is 6.05. The van der Waals surface area contributed by atoms with Crippen molar-refractivity contribution >= 4 is 27.7 Å². The highest BCUT2D eigenvalue weighted by atomic mass is 32.3. The third kappa shape index (κ3) is 6.20. The number of anilines is 1. The summed E-state index contributed by atoms with van der Waals surface area (Å²) < 4.78 is 32.0. The van der Waals surface area contributed by atoms with Crippen molar-refractivity contribution in [2.45, 2.75) is 13.8 Å². The van der Waals surface area contributed by atoms with Gasteiger partial charge in [0.2, 0.25) is 10.4 Å². The van der Waals surface area contributed by atoms with Crippen molar-refractivity contribution in [3.8, 4) is 0 Å². The number of nitrogens with zero attached hydrogens (tertiary/aromatic N) is 1. The van der Waals surface area contributed by atoms with Gasteiger partial charge in [0.1, 0.15) is 0 Å². The molecule has 0 unspecified atom stereocenters. The van der Waals surface area contributed by atoms with Crippen LogP contribution in [0.25, 0.3) is 0 Å². The quantitative estimate of drug-likeness (QED) is 0.336. The Bertz CT molecular complexity index is 1060. The molecule has 0 aliphatic heterocycles. The number of nitrogens with one attached hydrogen (secondary N) is 1. The summed E-state index contributed by atoms with van der Waals surface area (Å²) in [5.74, 6) is -0.144. The van der Waals surface area contributed by atoms with Gasteiger partial charge in [-0.25, -0.2) is 8.42 Å². The van der Waals surface area contributed by atoms with E-state index >= 15 is 0 Å². The Labute approximate surface area is 183 Å². The molecule has 1 aliphatic carbocycles. The van der Waals surface area contributed by atoms with E-state index in [9.17, 15) is 22.6 Å². The minimum Gasteiger partial charge on any atom is -0.726 e. The molecule has 1 aliphatic rings. The summed E-state index contributed by atoms with van der Waals surface area (Å²) in [6, 6.07) is 12.5. The number of quaternary nitrogens is 1. The van der Waals surface area contributed by atoms with E-state index < -0.39 is 10.4 Å². The molecule has 0 radical (unpaired) electrons. The number of benzene rings is 2. The molecule has 0 saturated heterocycles. The molecule has 9 heteroatoms. The van der Waals surface area contributed by atoms with Gasteiger partial charge in [0.15, 0.2) is 11.6 Å². The number of carbonyl (C=O) groups excluding carboxylic acids is 2. The fraction of sp³-hybridized carbons (Fsp3) is 0.364. The molecular formula is C22H28N2O6S. The van der Waals surface area contributed by atoms with Crippen LogP contribution < -0.4 is 5.32 Å². The molecule has 31 heavy (non-hydrogen) atoms. The van der Waals surface area contributed by atoms with E-state index in [0.29, 0.717) is 22.3 Å². The number of hydrogen-bond donors (Lipinski definition) is 1. The van der Waals surface area contributed by atoms with Gasteiger partial charge in [0, 0.05) is 27.9 Å². The van der Waals surface area contributed by atoms with Crippen molar-refractivity contribution < 1.29 is 31.2 Å². The maximum Gasteiger partial charge on any atom is 0.217 e. The lowest BCUT2D eigenvalue weighted by Gasteiger charge is -2.32. The number of fused-ring (bicyclic) bond motifs is 2. The van der Waals surface area contributed by atoms with Crippen LogP contribution in [0.2, 0.25) is 0 Å². The van der Waals surface area contributed by atoms with Crippen molar-refractivity contribution in [3.05, 3.63) is 64.7 Å². The number of likely N-dealkylation sites (N-methyl/N-ethyl adjacent to an activating group) is 1. The van der Waals surface area contributed by atoms with Crippen molar-refractivity contribution in [2.24, 2.45) is 0 Å². The Morgan fingerprint density at radius 1 is 0.935 bits per heavy atom. The fourth-order valence-corrected chi connectivity index (χ4v) is 3.22. The van der Waals surface area contributed by atoms with Crippen LogP contribution in [0.3, 0.4) is 0 Å². The minimum absolute atomic E-state index is 0.0713. The normalized spacial score (nSPS) is 13.1. The first kappa shape index (κ1) is 24.7. The number of rotatable bonds is 7. The smallest absolute Gasteiger partial charge is 0.217 e. The Morgan fingerprint density at radius 2 is 1.42 bits per heavy atom. The van der Waals surface area contributed by atoms with E-state index in [-0.39, 0.29) is 11.6 Å². The molecule has 2 aromatic rings. The summed E-state index contributed by atoms with van der Waals surface area (Å²) in [6.45, 7) is 8.42. The Morgan fingerprint density at radius 3 is 1.90 bits per heavy atom. The van der Waals surface area contributed by atoms with Crippen LogP contribution in [0, 0.1) is 0 Å². The Kier molecular flexibility index (Phi) is 8.08. The van der Waals surface area contributed by atoms with Gasteiger partial charge >= 0.3 is 0 Å². The van der Waals surface area contributed by atoms with Gasteiger partial charge in [0.05, 0.1) is 40.3 Å². The van der Waals surface area contributed by atoms with Crippen LogP contribution in [-0.4, -0.2) is 69.4 Å². The van der Waals surface area contributed by atoms with Gasteiger partial charge in [-0.15, -0.1) is 0 Å². The van der Waals surface area contributed by atoms with E-state index in [1.807, 2.05) is 12.1 Å². The summed E-state index contributed by atoms with van der Waals surface area (Å²) >= 11 is 0. The molecule has 3 rings (SSSR count). The Balaban J connectivity index is 0.000000501. The zero-order valence-electron chi connectivity index (χ0n) is 18.2. The molecule has 1 N–H and O–H groups in total. The number of ketones is 2. The predicted octanol–water partition coefficient (Wildman–Crippen LogP) is 2.45. The lowest BCUT2D eigenvalue weighted by molar-refractivity contribution is -0.904. The van der Waals surface area contributed by atoms with Gasteiger partial charge in [-0.1, -0.05) is 24.3 Å². The zero-order chi connectivity index (χ0) is 23.2. The lowest BCUT2D eigenvalue weighted by atomic mass is 9.84. The molecule has 0 fully saturated rings. The lowest BCUT2D eigenvalue weighted by Crippen LogP contribution is -2.46. The highest BCUT2D eigenvalue weighted by molar-refractivity contribution is 7.80. The molecule has 168 valence electrons. The van der Waals surface area contributed by atoms with E-state index in [4.69, 9.17) is 0 Å². The summed E-state index contributed by atoms with van der Waals surface area (Å²) in [5.41, 5.74) is 2.88. The maximum atomic E-state index is 12.7. The first-order valence-corrected chi connectivity index (χ1v) is 11.3. The average Bonchev–Trinajstić information content (AvgIpc) is 2.77. The number of carbonyl (C=O) groups is 2. The van der Waals surface area contributed by atoms with Crippen LogP contribution in [0.1, 0.15) is 45.7 Å². The monoisotopic (exact) mass is 448 g/mol. The van der Waals surface area contributed by atoms with Crippen molar-refractivity contribution in [2.75, 3.05) is 45.7 Å². The molecule has 0 atom stereocenters. The standard InChI is InChI=1S/C21H24N2O2.CH4O4S/c1-4-23(3,5-2)13-12-22-15-10-11-18-19(14-15)21(25)17-9-7-6-8-16(17)20(18)24;1-5-6(2,3)4/h6-11,14H,4-5,12-13H2,1-3H3;1H3,(H,2,3,4). The maximum absolute atomic E-state index is 12.7. The molecular weight excluding hydrogens is 420 g/mol. The highest BCUT2D eigenvalue weighted by Gasteiger charge is 2.29. The van der Waals surface area contributed by atoms with Crippen molar-refractivity contribution in [1.82, 2.24) is 0 Å². The Hall–Kier alpha value is -2.59. The SMILES string of the molecule is CC[N+](C)(CC)CCNc1ccc2c(c1)C(=O)c1ccccc1C2=O.COS(=O)(=O)[O-]. The van der Waals surface area contributed by atoms with Gasteiger partial charge in [0.25, 0.3) is 0 Å². The molecule has 0 saturated carbocycles. The molecule has 0 bridgehead atoms. The summed E-state index contributed by atoms with van der Waals surface area (Å²) in [4.78, 5) is 25.4. The largest absolute Gasteiger partial charge is 0.726 e. The molecule has 8 nitrogen and oxygen atoms in total. The number of hydrogen-bond acceptors (Lipinski definition) is 7. The second kappa shape index (κ2) is 10.1. The summed E-state index contributed by atoms with van der Waals surface area (Å²) in [5, 5.41) is 3.40. The molecule has 2 aromatic carbocycles. The first-order valence-electron chi connectivity index (χ1n) is 9.96. The topological polar surface area (TPSA) is 113 Å². The zero-order valence-corrected chi connectivity index (χ0v) is 19.0. The second-order valence-electron chi connectivity index (χ2n) is 7.44. The van der Waals surface area contributed by atoms with Crippen molar-refractivity contribution in [3.63, 3.8) is 0 Å². The van der Waals surface area contributed by atoms with E-state index in [1.165, 1.54) is 0 Å². The van der Waals surface area contributed by atoms with Crippen LogP contribution in [0.4, 0.5) is 5.69 Å². The predicted molar refractivity (Wildman–Crippen MR) is 117 cm³/mol. The van der Waals surface area contributed by atoms with Gasteiger partial charge < -0.3 is 14.4 Å². The van der Waals surface area contributed by atoms with Crippen LogP contribution >= 0.6 is 0 Å². The minimum atomic E-state index is -4.41. The summed E-state index contributed by atoms with van der Waals surface area (Å²) in [7, 11) is -1.36. The van der Waals surface area contributed by atoms with E-state index in [0.717, 1.165) is 43.5 Å². The fourth-order valence-electron chi connectivity index (χ4n) is 3.22. The van der Waals surface area contributed by atoms with Crippen LogP contribution in [-0.2, 0) is 14.6 Å². The molecule has 0 aromatic heterocycles. The second-order valence-corrected chi connectivity index (χ2v) is 8.59. The van der Waals surface area contributed by atoms with Crippen molar-refractivity contribution in [1.29, 1.82) is 0 Å². The van der Waals surface area contributed by atoms with Gasteiger partial charge in [-0.3, -0.25) is 13.8 Å². The third-order valence-electron chi connectivity index (χ3n) is 5.64. The van der Waals surface area contributed by atoms with Crippen LogP contribution in [0.5, 0.6) is 0 Å². The molecule has 0 amide bonds. The van der Waals surface area contributed by atoms with E-state index in [2.05, 4.69) is 30.4 Å². The van der Waals surface area contributed by atoms with Crippen LogP contribution in [0.15, 0.2) is 42.5 Å². The van der Waals surface area contributed by atoms with Gasteiger partial charge in [-0.2, -0.15) is 0 Å². The summed E-state index contributed by atoms with van der Waals surface area (Å²) in [6.07, 6.45) is 0.